The lowest BCUT2D eigenvalue weighted by Crippen LogP contribution is -2.45. The van der Waals surface area contributed by atoms with Crippen LogP contribution in [0.15, 0.2) is 30.7 Å². The lowest BCUT2D eigenvalue weighted by atomic mass is 10.0. The fourth-order valence-corrected chi connectivity index (χ4v) is 2.59. The van der Waals surface area contributed by atoms with Crippen molar-refractivity contribution in [2.24, 2.45) is 0 Å². The normalized spacial score (nSPS) is 19.6. The summed E-state index contributed by atoms with van der Waals surface area (Å²) in [5.41, 5.74) is 3.70. The zero-order valence-corrected chi connectivity index (χ0v) is 12.4. The quantitative estimate of drug-likeness (QED) is 0.904. The molecular weight excluding hydrogens is 274 g/mol. The molecule has 0 aliphatic carbocycles. The van der Waals surface area contributed by atoms with Crippen molar-refractivity contribution < 1.29 is 0 Å². The molecular formula is C14H20ClN5. The van der Waals surface area contributed by atoms with Crippen molar-refractivity contribution >= 4 is 12.4 Å². The molecule has 0 radical (unpaired) electrons. The number of nitrogens with one attached hydrogen (secondary N) is 2. The Labute approximate surface area is 125 Å². The zero-order chi connectivity index (χ0) is 13.1. The molecule has 1 aliphatic rings. The highest BCUT2D eigenvalue weighted by atomic mass is 35.5. The number of piperazine rings is 1. The van der Waals surface area contributed by atoms with Gasteiger partial charge in [-0.25, -0.2) is 0 Å². The van der Waals surface area contributed by atoms with Gasteiger partial charge in [0.15, 0.2) is 0 Å². The van der Waals surface area contributed by atoms with Crippen LogP contribution in [0.4, 0.5) is 0 Å². The van der Waals surface area contributed by atoms with Gasteiger partial charge in [0.1, 0.15) is 0 Å². The third-order valence-corrected chi connectivity index (χ3v) is 3.73. The van der Waals surface area contributed by atoms with E-state index in [-0.39, 0.29) is 12.4 Å². The lowest BCUT2D eigenvalue weighted by Gasteiger charge is -2.36. The Hall–Kier alpha value is -1.43. The molecule has 20 heavy (non-hydrogen) atoms. The first-order valence-electron chi connectivity index (χ1n) is 6.68. The Kier molecular flexibility index (Phi) is 5.11. The molecule has 1 fully saturated rings. The van der Waals surface area contributed by atoms with E-state index in [9.17, 15) is 0 Å². The second-order valence-electron chi connectivity index (χ2n) is 5.00. The van der Waals surface area contributed by atoms with E-state index in [1.165, 1.54) is 11.1 Å². The van der Waals surface area contributed by atoms with Gasteiger partial charge in [-0.05, 0) is 18.6 Å². The van der Waals surface area contributed by atoms with Gasteiger partial charge in [0.2, 0.25) is 0 Å². The van der Waals surface area contributed by atoms with Crippen molar-refractivity contribution in [2.75, 3.05) is 19.6 Å². The van der Waals surface area contributed by atoms with E-state index in [1.807, 2.05) is 24.7 Å². The summed E-state index contributed by atoms with van der Waals surface area (Å²) < 4.78 is 0. The second kappa shape index (κ2) is 6.83. The van der Waals surface area contributed by atoms with Crippen molar-refractivity contribution in [1.29, 1.82) is 0 Å². The minimum Gasteiger partial charge on any atom is -0.314 e. The predicted octanol–water partition coefficient (Wildman–Crippen LogP) is 1.68. The van der Waals surface area contributed by atoms with Gasteiger partial charge >= 0.3 is 0 Å². The van der Waals surface area contributed by atoms with Crippen LogP contribution in [0.3, 0.4) is 0 Å². The molecule has 0 aromatic carbocycles. The van der Waals surface area contributed by atoms with Crippen LogP contribution in [-0.4, -0.2) is 39.7 Å². The van der Waals surface area contributed by atoms with Crippen LogP contribution < -0.4 is 5.32 Å². The Balaban J connectivity index is 0.00000147. The van der Waals surface area contributed by atoms with Gasteiger partial charge in [0.05, 0.1) is 6.20 Å². The summed E-state index contributed by atoms with van der Waals surface area (Å²) in [6, 6.07) is 4.54. The number of hydrogen-bond acceptors (Lipinski definition) is 4. The molecule has 2 aromatic rings. The minimum absolute atomic E-state index is 0. The molecule has 1 atom stereocenters. The number of halogens is 1. The second-order valence-corrected chi connectivity index (χ2v) is 5.00. The molecule has 3 heterocycles. The van der Waals surface area contributed by atoms with Gasteiger partial charge in [-0.1, -0.05) is 6.07 Å². The Bertz CT molecular complexity index is 527. The van der Waals surface area contributed by atoms with Crippen molar-refractivity contribution in [3.63, 3.8) is 0 Å². The molecule has 2 N–H and O–H groups in total. The average molecular weight is 294 g/mol. The van der Waals surface area contributed by atoms with E-state index in [2.05, 4.69) is 38.4 Å². The number of hydrogen-bond donors (Lipinski definition) is 2. The Morgan fingerprint density at radius 2 is 2.30 bits per heavy atom. The van der Waals surface area contributed by atoms with E-state index in [4.69, 9.17) is 0 Å². The predicted molar refractivity (Wildman–Crippen MR) is 80.8 cm³/mol. The molecule has 108 valence electrons. The minimum atomic E-state index is 0. The first kappa shape index (κ1) is 15.0. The van der Waals surface area contributed by atoms with Crippen LogP contribution in [-0.2, 0) is 6.54 Å². The van der Waals surface area contributed by atoms with Gasteiger partial charge in [0.25, 0.3) is 0 Å². The topological polar surface area (TPSA) is 56.8 Å². The van der Waals surface area contributed by atoms with Crippen molar-refractivity contribution in [2.45, 2.75) is 19.5 Å². The highest BCUT2D eigenvalue weighted by Crippen LogP contribution is 2.23. The fourth-order valence-electron chi connectivity index (χ4n) is 2.59. The summed E-state index contributed by atoms with van der Waals surface area (Å²) in [5.74, 6) is 0. The molecule has 6 heteroatoms. The maximum atomic E-state index is 4.24. The molecule has 0 amide bonds. The molecule has 3 rings (SSSR count). The molecule has 0 saturated carbocycles. The Morgan fingerprint density at radius 3 is 3.00 bits per heavy atom. The highest BCUT2D eigenvalue weighted by Gasteiger charge is 2.24. The number of aromatic amines is 1. The number of H-pyrrole nitrogens is 1. The number of aryl methyl sites for hydroxylation is 1. The molecule has 1 unspecified atom stereocenters. The van der Waals surface area contributed by atoms with E-state index in [0.717, 1.165) is 31.9 Å². The molecule has 0 bridgehead atoms. The Morgan fingerprint density at radius 1 is 1.40 bits per heavy atom. The van der Waals surface area contributed by atoms with E-state index in [0.29, 0.717) is 6.04 Å². The van der Waals surface area contributed by atoms with Crippen molar-refractivity contribution in [1.82, 2.24) is 25.4 Å². The first-order valence-corrected chi connectivity index (χ1v) is 6.68. The van der Waals surface area contributed by atoms with Crippen LogP contribution >= 0.6 is 12.4 Å². The molecule has 1 saturated heterocycles. The van der Waals surface area contributed by atoms with Gasteiger partial charge in [-0.15, -0.1) is 12.4 Å². The summed E-state index contributed by atoms with van der Waals surface area (Å²) in [4.78, 5) is 6.73. The van der Waals surface area contributed by atoms with Crippen molar-refractivity contribution in [3.05, 3.63) is 47.5 Å². The average Bonchev–Trinajstić information content (AvgIpc) is 2.86. The number of rotatable bonds is 3. The van der Waals surface area contributed by atoms with E-state index >= 15 is 0 Å². The third kappa shape index (κ3) is 3.17. The number of pyridine rings is 1. The summed E-state index contributed by atoms with van der Waals surface area (Å²) >= 11 is 0. The number of nitrogens with zero attached hydrogens (tertiary/aromatic N) is 3. The molecule has 0 spiro atoms. The van der Waals surface area contributed by atoms with Crippen LogP contribution in [0.5, 0.6) is 0 Å². The van der Waals surface area contributed by atoms with Gasteiger partial charge in [-0.3, -0.25) is 15.0 Å². The summed E-state index contributed by atoms with van der Waals surface area (Å²) in [5, 5.41) is 10.6. The fraction of sp³-hybridized carbons (Fsp3) is 0.429. The van der Waals surface area contributed by atoms with Crippen LogP contribution in [0.25, 0.3) is 0 Å². The van der Waals surface area contributed by atoms with Crippen LogP contribution in [0.2, 0.25) is 0 Å². The van der Waals surface area contributed by atoms with Crippen LogP contribution in [0, 0.1) is 6.92 Å². The lowest BCUT2D eigenvalue weighted by molar-refractivity contribution is 0.153. The van der Waals surface area contributed by atoms with Crippen LogP contribution in [0.1, 0.15) is 22.9 Å². The first-order chi connectivity index (χ1) is 9.34. The monoisotopic (exact) mass is 293 g/mol. The molecule has 5 nitrogen and oxygen atoms in total. The molecule has 2 aromatic heterocycles. The largest absolute Gasteiger partial charge is 0.314 e. The maximum absolute atomic E-state index is 4.24. The van der Waals surface area contributed by atoms with Gasteiger partial charge < -0.3 is 5.32 Å². The smallest absolute Gasteiger partial charge is 0.0535 e. The number of aromatic nitrogens is 3. The SMILES string of the molecule is Cc1[nH]ncc1CN1CCNCC1c1cccnc1.Cl. The van der Waals surface area contributed by atoms with E-state index < -0.39 is 0 Å². The molecule has 1 aliphatic heterocycles. The highest BCUT2D eigenvalue weighted by molar-refractivity contribution is 5.85. The van der Waals surface area contributed by atoms with Crippen molar-refractivity contribution in [3.8, 4) is 0 Å². The van der Waals surface area contributed by atoms with Gasteiger partial charge in [0, 0.05) is 55.9 Å². The summed E-state index contributed by atoms with van der Waals surface area (Å²) in [6.45, 7) is 6.06. The summed E-state index contributed by atoms with van der Waals surface area (Å²) in [7, 11) is 0. The van der Waals surface area contributed by atoms with Gasteiger partial charge in [-0.2, -0.15) is 5.10 Å². The maximum Gasteiger partial charge on any atom is 0.0535 e. The standard InChI is InChI=1S/C14H19N5.ClH/c1-11-13(8-17-18-11)10-19-6-5-16-9-14(19)12-3-2-4-15-7-12;/h2-4,7-8,14,16H,5-6,9-10H2,1H3,(H,17,18);1H. The summed E-state index contributed by atoms with van der Waals surface area (Å²) in [6.07, 6.45) is 5.72. The zero-order valence-electron chi connectivity index (χ0n) is 11.5. The van der Waals surface area contributed by atoms with E-state index in [1.54, 1.807) is 0 Å². The third-order valence-electron chi connectivity index (χ3n) is 3.73.